The standard InChI is InChI=1S/C11H13N3O4S/c1-6-10(7(2)17-13-6)11-12-8(14-18-11)4-19-5-9(15)16-3/h4-5H2,1-3H3. The van der Waals surface area contributed by atoms with E-state index in [1.54, 1.807) is 6.92 Å². The Bertz CT molecular complexity index is 559. The number of esters is 1. The van der Waals surface area contributed by atoms with E-state index >= 15 is 0 Å². The number of rotatable bonds is 5. The molecule has 0 spiro atoms. The molecule has 19 heavy (non-hydrogen) atoms. The highest BCUT2D eigenvalue weighted by Crippen LogP contribution is 2.25. The molecule has 2 aromatic rings. The Kier molecular flexibility index (Phi) is 4.20. The van der Waals surface area contributed by atoms with Gasteiger partial charge in [0.05, 0.1) is 24.3 Å². The number of thioether (sulfide) groups is 1. The first kappa shape index (κ1) is 13.6. The number of carbonyl (C=O) groups excluding carboxylic acids is 1. The van der Waals surface area contributed by atoms with E-state index in [0.717, 1.165) is 5.56 Å². The third kappa shape index (κ3) is 3.14. The Morgan fingerprint density at radius 1 is 1.32 bits per heavy atom. The maximum atomic E-state index is 11.0. The molecule has 0 aliphatic carbocycles. The minimum Gasteiger partial charge on any atom is -0.468 e. The summed E-state index contributed by atoms with van der Waals surface area (Å²) in [5.74, 6) is 1.98. The van der Waals surface area contributed by atoms with Crippen molar-refractivity contribution in [3.63, 3.8) is 0 Å². The summed E-state index contributed by atoms with van der Waals surface area (Å²) < 4.78 is 14.7. The van der Waals surface area contributed by atoms with Gasteiger partial charge in [-0.15, -0.1) is 11.8 Å². The summed E-state index contributed by atoms with van der Waals surface area (Å²) >= 11 is 1.36. The molecule has 0 radical (unpaired) electrons. The molecule has 2 rings (SSSR count). The van der Waals surface area contributed by atoms with E-state index in [9.17, 15) is 4.79 Å². The van der Waals surface area contributed by atoms with Gasteiger partial charge in [-0.1, -0.05) is 10.3 Å². The molecule has 0 amide bonds. The van der Waals surface area contributed by atoms with Gasteiger partial charge in [0.1, 0.15) is 11.3 Å². The van der Waals surface area contributed by atoms with Gasteiger partial charge in [0.25, 0.3) is 5.89 Å². The molecular weight excluding hydrogens is 270 g/mol. The molecular formula is C11H13N3O4S. The van der Waals surface area contributed by atoms with E-state index in [-0.39, 0.29) is 11.7 Å². The highest BCUT2D eigenvalue weighted by Gasteiger charge is 2.18. The number of ether oxygens (including phenoxy) is 1. The predicted molar refractivity (Wildman–Crippen MR) is 67.4 cm³/mol. The molecule has 7 nitrogen and oxygen atoms in total. The van der Waals surface area contributed by atoms with E-state index in [4.69, 9.17) is 9.05 Å². The molecule has 102 valence electrons. The maximum absolute atomic E-state index is 11.0. The summed E-state index contributed by atoms with van der Waals surface area (Å²) in [5.41, 5.74) is 1.42. The highest BCUT2D eigenvalue weighted by molar-refractivity contribution is 7.99. The molecule has 0 fully saturated rings. The number of methoxy groups -OCH3 is 1. The Labute approximate surface area is 113 Å². The fourth-order valence-corrected chi connectivity index (χ4v) is 2.17. The molecule has 0 saturated heterocycles. The number of nitrogens with zero attached hydrogens (tertiary/aromatic N) is 3. The molecule has 2 aromatic heterocycles. The third-order valence-corrected chi connectivity index (χ3v) is 3.30. The topological polar surface area (TPSA) is 91.2 Å². The van der Waals surface area contributed by atoms with Crippen LogP contribution in [0, 0.1) is 13.8 Å². The van der Waals surface area contributed by atoms with Crippen LogP contribution in [0.15, 0.2) is 9.05 Å². The van der Waals surface area contributed by atoms with Crippen molar-refractivity contribution in [1.82, 2.24) is 15.3 Å². The zero-order chi connectivity index (χ0) is 13.8. The Morgan fingerprint density at radius 2 is 2.11 bits per heavy atom. The number of carbonyl (C=O) groups is 1. The summed E-state index contributed by atoms with van der Waals surface area (Å²) in [6, 6.07) is 0. The first-order chi connectivity index (χ1) is 9.11. The van der Waals surface area contributed by atoms with Crippen molar-refractivity contribution in [1.29, 1.82) is 0 Å². The summed E-state index contributed by atoms with van der Waals surface area (Å²) in [5, 5.41) is 7.68. The van der Waals surface area contributed by atoms with Crippen LogP contribution in [0.5, 0.6) is 0 Å². The molecule has 0 aliphatic heterocycles. The first-order valence-electron chi connectivity index (χ1n) is 5.52. The summed E-state index contributed by atoms with van der Waals surface area (Å²) in [7, 11) is 1.35. The van der Waals surface area contributed by atoms with E-state index < -0.39 is 0 Å². The van der Waals surface area contributed by atoms with Gasteiger partial charge < -0.3 is 13.8 Å². The van der Waals surface area contributed by atoms with Crippen molar-refractivity contribution in [3.05, 3.63) is 17.3 Å². The van der Waals surface area contributed by atoms with E-state index in [2.05, 4.69) is 20.0 Å². The number of hydrogen-bond acceptors (Lipinski definition) is 8. The van der Waals surface area contributed by atoms with Gasteiger partial charge in [-0.3, -0.25) is 4.79 Å². The van der Waals surface area contributed by atoms with Crippen molar-refractivity contribution in [3.8, 4) is 11.5 Å². The zero-order valence-electron chi connectivity index (χ0n) is 10.8. The van der Waals surface area contributed by atoms with Crippen molar-refractivity contribution < 1.29 is 18.6 Å². The minimum atomic E-state index is -0.278. The molecule has 0 bridgehead atoms. The molecule has 0 aliphatic rings. The van der Waals surface area contributed by atoms with Gasteiger partial charge in [-0.2, -0.15) is 4.98 Å². The van der Waals surface area contributed by atoms with Crippen LogP contribution in [0.1, 0.15) is 17.3 Å². The zero-order valence-corrected chi connectivity index (χ0v) is 11.6. The lowest BCUT2D eigenvalue weighted by molar-refractivity contribution is -0.137. The highest BCUT2D eigenvalue weighted by atomic mass is 32.2. The van der Waals surface area contributed by atoms with E-state index in [1.165, 1.54) is 18.9 Å². The lowest BCUT2D eigenvalue weighted by atomic mass is 10.2. The Hall–Kier alpha value is -1.83. The summed E-state index contributed by atoms with van der Waals surface area (Å²) in [6.07, 6.45) is 0. The van der Waals surface area contributed by atoms with Crippen molar-refractivity contribution >= 4 is 17.7 Å². The van der Waals surface area contributed by atoms with Gasteiger partial charge in [-0.25, -0.2) is 0 Å². The molecule has 0 N–H and O–H groups in total. The normalized spacial score (nSPS) is 10.7. The smallest absolute Gasteiger partial charge is 0.315 e. The fraction of sp³-hybridized carbons (Fsp3) is 0.455. The lowest BCUT2D eigenvalue weighted by Gasteiger charge is -1.95. The third-order valence-electron chi connectivity index (χ3n) is 2.39. The first-order valence-corrected chi connectivity index (χ1v) is 6.67. The van der Waals surface area contributed by atoms with Gasteiger partial charge in [0.15, 0.2) is 5.82 Å². The van der Waals surface area contributed by atoms with Gasteiger partial charge in [0.2, 0.25) is 0 Å². The molecule has 0 aromatic carbocycles. The van der Waals surface area contributed by atoms with Gasteiger partial charge in [-0.05, 0) is 13.8 Å². The van der Waals surface area contributed by atoms with Crippen LogP contribution in [-0.4, -0.2) is 34.1 Å². The van der Waals surface area contributed by atoms with Crippen molar-refractivity contribution in [2.24, 2.45) is 0 Å². The van der Waals surface area contributed by atoms with Crippen LogP contribution in [-0.2, 0) is 15.3 Å². The SMILES string of the molecule is COC(=O)CSCc1noc(-c2c(C)noc2C)n1. The molecule has 0 unspecified atom stereocenters. The van der Waals surface area contributed by atoms with Crippen LogP contribution in [0.2, 0.25) is 0 Å². The van der Waals surface area contributed by atoms with Gasteiger partial charge >= 0.3 is 5.97 Å². The molecule has 2 heterocycles. The number of aromatic nitrogens is 3. The summed E-state index contributed by atoms with van der Waals surface area (Å²) in [4.78, 5) is 15.2. The largest absolute Gasteiger partial charge is 0.468 e. The van der Waals surface area contributed by atoms with Gasteiger partial charge in [0, 0.05) is 0 Å². The van der Waals surface area contributed by atoms with E-state index in [1.807, 2.05) is 6.92 Å². The lowest BCUT2D eigenvalue weighted by Crippen LogP contribution is -2.03. The average Bonchev–Trinajstić information content (AvgIpc) is 2.96. The fourth-order valence-electron chi connectivity index (χ4n) is 1.49. The maximum Gasteiger partial charge on any atom is 0.315 e. The van der Waals surface area contributed by atoms with Crippen LogP contribution < -0.4 is 0 Å². The van der Waals surface area contributed by atoms with Crippen molar-refractivity contribution in [2.45, 2.75) is 19.6 Å². The second-order valence-corrected chi connectivity index (χ2v) is 4.77. The second-order valence-electron chi connectivity index (χ2n) is 3.78. The monoisotopic (exact) mass is 283 g/mol. The van der Waals surface area contributed by atoms with Crippen LogP contribution >= 0.6 is 11.8 Å². The average molecular weight is 283 g/mol. The second kappa shape index (κ2) is 5.87. The Morgan fingerprint density at radius 3 is 2.74 bits per heavy atom. The quantitative estimate of drug-likeness (QED) is 0.766. The van der Waals surface area contributed by atoms with Crippen LogP contribution in [0.25, 0.3) is 11.5 Å². The molecule has 8 heteroatoms. The summed E-state index contributed by atoms with van der Waals surface area (Å²) in [6.45, 7) is 3.59. The van der Waals surface area contributed by atoms with Crippen LogP contribution in [0.3, 0.4) is 0 Å². The number of aryl methyl sites for hydroxylation is 2. The predicted octanol–water partition coefficient (Wildman–Crippen LogP) is 1.75. The minimum absolute atomic E-state index is 0.256. The van der Waals surface area contributed by atoms with Crippen molar-refractivity contribution in [2.75, 3.05) is 12.9 Å². The van der Waals surface area contributed by atoms with E-state index in [0.29, 0.717) is 28.9 Å². The number of hydrogen-bond donors (Lipinski definition) is 0. The molecule has 0 saturated carbocycles. The Balaban J connectivity index is 2.02. The van der Waals surface area contributed by atoms with Crippen LogP contribution in [0.4, 0.5) is 0 Å². The molecule has 0 atom stereocenters.